The molecule has 0 aliphatic carbocycles. The predicted molar refractivity (Wildman–Crippen MR) is 58.6 cm³/mol. The van der Waals surface area contributed by atoms with Crippen LogP contribution < -0.4 is 0 Å². The van der Waals surface area contributed by atoms with Gasteiger partial charge >= 0.3 is 5.97 Å². The van der Waals surface area contributed by atoms with Gasteiger partial charge in [0.2, 0.25) is 0 Å². The Hall–Kier alpha value is -0.250. The Bertz CT molecular complexity index is 162. The third-order valence-electron chi connectivity index (χ3n) is 1.96. The lowest BCUT2D eigenvalue weighted by molar-refractivity contribution is -0.136. The van der Waals surface area contributed by atoms with Crippen LogP contribution in [0.25, 0.3) is 0 Å². The highest BCUT2D eigenvalue weighted by Gasteiger charge is 2.14. The smallest absolute Gasteiger partial charge is 0.316 e. The van der Waals surface area contributed by atoms with Crippen molar-refractivity contribution in [2.45, 2.75) is 51.0 Å². The molecule has 0 spiro atoms. The van der Waals surface area contributed by atoms with Gasteiger partial charge < -0.3 is 5.11 Å². The number of alkyl halides is 1. The van der Waals surface area contributed by atoms with Crippen molar-refractivity contribution in [2.24, 2.45) is 0 Å². The van der Waals surface area contributed by atoms with E-state index in [4.69, 9.17) is 5.11 Å². The van der Waals surface area contributed by atoms with Gasteiger partial charge in [0, 0.05) is 0 Å². The fourth-order valence-electron chi connectivity index (χ4n) is 1.12. The van der Waals surface area contributed by atoms with Gasteiger partial charge in [-0.25, -0.2) is 4.39 Å². The van der Waals surface area contributed by atoms with Gasteiger partial charge in [-0.3, -0.25) is 4.79 Å². The molecule has 2 unspecified atom stereocenters. The number of rotatable bonds is 8. The number of carboxylic acids is 1. The van der Waals surface area contributed by atoms with E-state index in [9.17, 15) is 9.18 Å². The van der Waals surface area contributed by atoms with Gasteiger partial charge in [-0.15, -0.1) is 11.8 Å². The number of aliphatic carboxylic acids is 1. The Morgan fingerprint density at radius 2 is 2.14 bits per heavy atom. The Balaban J connectivity index is 3.38. The van der Waals surface area contributed by atoms with Crippen molar-refractivity contribution in [2.75, 3.05) is 5.75 Å². The summed E-state index contributed by atoms with van der Waals surface area (Å²) < 4.78 is 12.4. The van der Waals surface area contributed by atoms with Gasteiger partial charge in [0.15, 0.2) is 0 Å². The maximum absolute atomic E-state index is 12.4. The highest BCUT2D eigenvalue weighted by atomic mass is 32.2. The van der Waals surface area contributed by atoms with Gasteiger partial charge in [0.1, 0.15) is 5.25 Å². The van der Waals surface area contributed by atoms with E-state index in [-0.39, 0.29) is 5.25 Å². The van der Waals surface area contributed by atoms with Crippen LogP contribution >= 0.6 is 11.8 Å². The summed E-state index contributed by atoms with van der Waals surface area (Å²) in [6, 6.07) is 0. The van der Waals surface area contributed by atoms with E-state index >= 15 is 0 Å². The van der Waals surface area contributed by atoms with Crippen LogP contribution in [0.15, 0.2) is 0 Å². The maximum atomic E-state index is 12.4. The quantitative estimate of drug-likeness (QED) is 0.641. The molecule has 0 aliphatic rings. The first kappa shape index (κ1) is 13.8. The highest BCUT2D eigenvalue weighted by Crippen LogP contribution is 2.17. The molecule has 0 saturated carbocycles. The number of halogens is 1. The molecule has 0 amide bonds. The molecular formula is C10H19FO2S. The van der Waals surface area contributed by atoms with Crippen molar-refractivity contribution in [3.63, 3.8) is 0 Å². The third-order valence-corrected chi connectivity index (χ3v) is 3.42. The van der Waals surface area contributed by atoms with Crippen LogP contribution in [0, 0.1) is 0 Å². The SMILES string of the molecule is CCC(SCCCCC(C)F)C(=O)O. The zero-order chi connectivity index (χ0) is 11.0. The minimum absolute atomic E-state index is 0.294. The summed E-state index contributed by atoms with van der Waals surface area (Å²) in [5.41, 5.74) is 0. The Labute approximate surface area is 89.3 Å². The summed E-state index contributed by atoms with van der Waals surface area (Å²) in [7, 11) is 0. The number of hydrogen-bond donors (Lipinski definition) is 1. The average Bonchev–Trinajstić information content (AvgIpc) is 2.10. The normalized spacial score (nSPS) is 15.1. The van der Waals surface area contributed by atoms with Crippen LogP contribution in [0.4, 0.5) is 4.39 Å². The fourth-order valence-corrected chi connectivity index (χ4v) is 2.15. The first-order chi connectivity index (χ1) is 6.57. The van der Waals surface area contributed by atoms with Gasteiger partial charge in [0.25, 0.3) is 0 Å². The zero-order valence-electron chi connectivity index (χ0n) is 8.83. The Kier molecular flexibility index (Phi) is 7.95. The van der Waals surface area contributed by atoms with Crippen LogP contribution in [0.2, 0.25) is 0 Å². The van der Waals surface area contributed by atoms with Crippen molar-refractivity contribution < 1.29 is 14.3 Å². The lowest BCUT2D eigenvalue weighted by Crippen LogP contribution is -2.15. The molecule has 0 bridgehead atoms. The second-order valence-corrected chi connectivity index (χ2v) is 4.69. The van der Waals surface area contributed by atoms with Gasteiger partial charge in [-0.1, -0.05) is 6.92 Å². The summed E-state index contributed by atoms with van der Waals surface area (Å²) in [4.78, 5) is 10.6. The Morgan fingerprint density at radius 3 is 2.57 bits per heavy atom. The molecule has 0 aliphatic heterocycles. The lowest BCUT2D eigenvalue weighted by Gasteiger charge is -2.08. The van der Waals surface area contributed by atoms with Crippen molar-refractivity contribution in [1.29, 1.82) is 0 Å². The van der Waals surface area contributed by atoms with Crippen LogP contribution in [0.5, 0.6) is 0 Å². The van der Waals surface area contributed by atoms with Crippen molar-refractivity contribution in [1.82, 2.24) is 0 Å². The van der Waals surface area contributed by atoms with Crippen LogP contribution in [-0.4, -0.2) is 28.3 Å². The molecule has 1 N–H and O–H groups in total. The van der Waals surface area contributed by atoms with E-state index < -0.39 is 12.1 Å². The number of hydrogen-bond acceptors (Lipinski definition) is 2. The lowest BCUT2D eigenvalue weighted by atomic mass is 10.2. The molecule has 0 aromatic carbocycles. The van der Waals surface area contributed by atoms with Gasteiger partial charge in [-0.05, 0) is 38.4 Å². The van der Waals surface area contributed by atoms with E-state index in [1.807, 2.05) is 6.92 Å². The number of carboxylic acid groups (broad SMARTS) is 1. The predicted octanol–water partition coefficient (Wildman–Crippen LogP) is 3.11. The van der Waals surface area contributed by atoms with Crippen molar-refractivity contribution in [3.8, 4) is 0 Å². The first-order valence-electron chi connectivity index (χ1n) is 5.06. The molecule has 4 heteroatoms. The molecule has 0 radical (unpaired) electrons. The van der Waals surface area contributed by atoms with E-state index in [0.717, 1.165) is 18.6 Å². The topological polar surface area (TPSA) is 37.3 Å². The molecule has 0 rings (SSSR count). The molecule has 0 aromatic heterocycles. The molecule has 0 saturated heterocycles. The number of unbranched alkanes of at least 4 members (excludes halogenated alkanes) is 1. The minimum Gasteiger partial charge on any atom is -0.480 e. The average molecular weight is 222 g/mol. The maximum Gasteiger partial charge on any atom is 0.316 e. The van der Waals surface area contributed by atoms with E-state index in [1.165, 1.54) is 11.8 Å². The van der Waals surface area contributed by atoms with Crippen molar-refractivity contribution in [3.05, 3.63) is 0 Å². The molecule has 84 valence electrons. The summed E-state index contributed by atoms with van der Waals surface area (Å²) in [6.45, 7) is 3.43. The van der Waals surface area contributed by atoms with Crippen molar-refractivity contribution >= 4 is 17.7 Å². The fraction of sp³-hybridized carbons (Fsp3) is 0.900. The molecule has 2 nitrogen and oxygen atoms in total. The second-order valence-electron chi connectivity index (χ2n) is 3.38. The summed E-state index contributed by atoms with van der Waals surface area (Å²) in [6.07, 6.45) is 2.26. The third kappa shape index (κ3) is 7.18. The Morgan fingerprint density at radius 1 is 1.50 bits per heavy atom. The van der Waals surface area contributed by atoms with Gasteiger partial charge in [0.05, 0.1) is 6.17 Å². The minimum atomic E-state index is -0.739. The van der Waals surface area contributed by atoms with E-state index in [1.54, 1.807) is 6.92 Å². The molecule has 0 aromatic rings. The van der Waals surface area contributed by atoms with Crippen LogP contribution in [0.3, 0.4) is 0 Å². The standard InChI is InChI=1S/C10H19FO2S/c1-3-9(10(12)13)14-7-5-4-6-8(2)11/h8-9H,3-7H2,1-2H3,(H,12,13). The summed E-state index contributed by atoms with van der Waals surface area (Å²) in [5, 5.41) is 8.44. The largest absolute Gasteiger partial charge is 0.480 e. The van der Waals surface area contributed by atoms with E-state index in [2.05, 4.69) is 0 Å². The highest BCUT2D eigenvalue weighted by molar-refractivity contribution is 8.00. The molecular weight excluding hydrogens is 203 g/mol. The molecule has 0 heterocycles. The second kappa shape index (κ2) is 8.09. The number of thioether (sulfide) groups is 1. The van der Waals surface area contributed by atoms with E-state index in [0.29, 0.717) is 12.8 Å². The number of carbonyl (C=O) groups is 1. The zero-order valence-corrected chi connectivity index (χ0v) is 9.65. The van der Waals surface area contributed by atoms with Crippen LogP contribution in [-0.2, 0) is 4.79 Å². The molecule has 0 fully saturated rings. The van der Waals surface area contributed by atoms with Gasteiger partial charge in [-0.2, -0.15) is 0 Å². The molecule has 14 heavy (non-hydrogen) atoms. The summed E-state index contributed by atoms with van der Waals surface area (Å²) in [5.74, 6) is 0.0775. The monoisotopic (exact) mass is 222 g/mol. The first-order valence-corrected chi connectivity index (χ1v) is 6.11. The summed E-state index contributed by atoms with van der Waals surface area (Å²) >= 11 is 1.46. The van der Waals surface area contributed by atoms with Crippen LogP contribution in [0.1, 0.15) is 39.5 Å². The molecule has 2 atom stereocenters.